The molecule has 6 nitrogen and oxygen atoms in total. The van der Waals surface area contributed by atoms with Crippen LogP contribution in [-0.4, -0.2) is 40.0 Å². The van der Waals surface area contributed by atoms with E-state index >= 15 is 0 Å². The zero-order chi connectivity index (χ0) is 13.7. The van der Waals surface area contributed by atoms with Crippen molar-refractivity contribution < 1.29 is 4.74 Å². The van der Waals surface area contributed by atoms with Gasteiger partial charge in [-0.2, -0.15) is 0 Å². The van der Waals surface area contributed by atoms with E-state index in [1.165, 1.54) is 0 Å². The lowest BCUT2D eigenvalue weighted by Gasteiger charge is -2.18. The highest BCUT2D eigenvalue weighted by atomic mass is 16.5. The Bertz CT molecular complexity index is 512. The van der Waals surface area contributed by atoms with E-state index < -0.39 is 0 Å². The van der Waals surface area contributed by atoms with Crippen LogP contribution in [0, 0.1) is 6.92 Å². The summed E-state index contributed by atoms with van der Waals surface area (Å²) in [6, 6.07) is 6.45. The molecule has 0 spiro atoms. The minimum atomic E-state index is 0.322. The highest BCUT2D eigenvalue weighted by Gasteiger charge is 2.08. The molecule has 2 rings (SSSR count). The smallest absolute Gasteiger partial charge is 0.143 e. The van der Waals surface area contributed by atoms with Gasteiger partial charge in [0.15, 0.2) is 0 Å². The largest absolute Gasteiger partial charge is 0.383 e. The van der Waals surface area contributed by atoms with Crippen molar-refractivity contribution in [1.82, 2.24) is 20.2 Å². The molecule has 1 N–H and O–H groups in total. The second-order valence-electron chi connectivity index (χ2n) is 4.46. The quantitative estimate of drug-likeness (QED) is 0.859. The minimum Gasteiger partial charge on any atom is -0.383 e. The second kappa shape index (κ2) is 6.29. The van der Waals surface area contributed by atoms with Crippen LogP contribution in [0.4, 0.5) is 5.69 Å². The fourth-order valence-electron chi connectivity index (χ4n) is 1.97. The molecule has 0 aliphatic carbocycles. The first-order valence-electron chi connectivity index (χ1n) is 6.34. The summed E-state index contributed by atoms with van der Waals surface area (Å²) in [5.41, 5.74) is 3.18. The molecule has 0 saturated carbocycles. The number of aromatic nitrogens is 4. The molecule has 1 aromatic carbocycles. The molecule has 102 valence electrons. The SMILES string of the molecule is CCC(COC)Nc1ccc(-n2cnnn2)c(C)c1. The zero-order valence-electron chi connectivity index (χ0n) is 11.5. The highest BCUT2D eigenvalue weighted by molar-refractivity contribution is 5.53. The van der Waals surface area contributed by atoms with Crippen LogP contribution in [-0.2, 0) is 4.74 Å². The van der Waals surface area contributed by atoms with Gasteiger partial charge in [-0.15, -0.1) is 5.10 Å². The number of methoxy groups -OCH3 is 1. The first-order chi connectivity index (χ1) is 9.24. The number of benzene rings is 1. The molecule has 0 bridgehead atoms. The molecule has 0 radical (unpaired) electrons. The van der Waals surface area contributed by atoms with Gasteiger partial charge >= 0.3 is 0 Å². The van der Waals surface area contributed by atoms with Gasteiger partial charge in [0, 0.05) is 18.8 Å². The van der Waals surface area contributed by atoms with Crippen LogP contribution in [0.1, 0.15) is 18.9 Å². The molecule has 6 heteroatoms. The van der Waals surface area contributed by atoms with Crippen LogP contribution < -0.4 is 5.32 Å². The summed E-state index contributed by atoms with van der Waals surface area (Å²) in [6.07, 6.45) is 2.61. The number of rotatable bonds is 6. The van der Waals surface area contributed by atoms with Crippen molar-refractivity contribution in [3.8, 4) is 5.69 Å². The molecule has 0 amide bonds. The molecule has 0 saturated heterocycles. The van der Waals surface area contributed by atoms with Gasteiger partial charge in [-0.25, -0.2) is 4.68 Å². The van der Waals surface area contributed by atoms with Crippen molar-refractivity contribution in [2.24, 2.45) is 0 Å². The summed E-state index contributed by atoms with van der Waals surface area (Å²) >= 11 is 0. The lowest BCUT2D eigenvalue weighted by molar-refractivity contribution is 0.184. The topological polar surface area (TPSA) is 64.9 Å². The van der Waals surface area contributed by atoms with Gasteiger partial charge in [-0.1, -0.05) is 6.92 Å². The molecular formula is C13H19N5O. The van der Waals surface area contributed by atoms with Gasteiger partial charge in [-0.05, 0) is 47.5 Å². The first-order valence-corrected chi connectivity index (χ1v) is 6.34. The maximum atomic E-state index is 5.19. The molecule has 0 aliphatic rings. The zero-order valence-corrected chi connectivity index (χ0v) is 11.5. The van der Waals surface area contributed by atoms with Crippen LogP contribution in [0.2, 0.25) is 0 Å². The van der Waals surface area contributed by atoms with Gasteiger partial charge in [0.05, 0.1) is 12.3 Å². The predicted molar refractivity (Wildman–Crippen MR) is 73.5 cm³/mol. The van der Waals surface area contributed by atoms with Crippen LogP contribution in [0.3, 0.4) is 0 Å². The first kappa shape index (κ1) is 13.5. The van der Waals surface area contributed by atoms with Crippen molar-refractivity contribution in [1.29, 1.82) is 0 Å². The summed E-state index contributed by atoms with van der Waals surface area (Å²) in [6.45, 7) is 4.88. The van der Waals surface area contributed by atoms with Crippen LogP contribution >= 0.6 is 0 Å². The minimum absolute atomic E-state index is 0.322. The second-order valence-corrected chi connectivity index (χ2v) is 4.46. The van der Waals surface area contributed by atoms with E-state index in [1.54, 1.807) is 18.1 Å². The Kier molecular flexibility index (Phi) is 4.46. The lowest BCUT2D eigenvalue weighted by atomic mass is 10.1. The number of nitrogens with one attached hydrogen (secondary N) is 1. The van der Waals surface area contributed by atoms with E-state index in [-0.39, 0.29) is 0 Å². The Hall–Kier alpha value is -1.95. The van der Waals surface area contributed by atoms with Crippen molar-refractivity contribution >= 4 is 5.69 Å². The van der Waals surface area contributed by atoms with Gasteiger partial charge in [0.1, 0.15) is 6.33 Å². The Labute approximate surface area is 112 Å². The molecule has 1 unspecified atom stereocenters. The molecule has 1 atom stereocenters. The number of aryl methyl sites for hydroxylation is 1. The summed E-state index contributed by atoms with van der Waals surface area (Å²) in [5.74, 6) is 0. The summed E-state index contributed by atoms with van der Waals surface area (Å²) in [4.78, 5) is 0. The molecule has 0 fully saturated rings. The normalized spacial score (nSPS) is 12.4. The maximum absolute atomic E-state index is 5.19. The number of hydrogen-bond donors (Lipinski definition) is 1. The maximum Gasteiger partial charge on any atom is 0.143 e. The molecular weight excluding hydrogens is 242 g/mol. The van der Waals surface area contributed by atoms with Crippen LogP contribution in [0.25, 0.3) is 5.69 Å². The standard InChI is InChI=1S/C13H19N5O/c1-4-11(8-19-3)15-12-5-6-13(10(2)7-12)18-9-14-16-17-18/h5-7,9,11,15H,4,8H2,1-3H3. The summed E-state index contributed by atoms with van der Waals surface area (Å²) in [5, 5.41) is 14.7. The van der Waals surface area contributed by atoms with Crippen LogP contribution in [0.5, 0.6) is 0 Å². The van der Waals surface area contributed by atoms with E-state index in [4.69, 9.17) is 4.74 Å². The van der Waals surface area contributed by atoms with E-state index in [1.807, 2.05) is 19.1 Å². The summed E-state index contributed by atoms with van der Waals surface area (Å²) < 4.78 is 6.85. The number of nitrogens with zero attached hydrogens (tertiary/aromatic N) is 4. The fourth-order valence-corrected chi connectivity index (χ4v) is 1.97. The third-order valence-electron chi connectivity index (χ3n) is 3.02. The monoisotopic (exact) mass is 261 g/mol. The number of tetrazole rings is 1. The highest BCUT2D eigenvalue weighted by Crippen LogP contribution is 2.19. The molecule has 2 aromatic rings. The van der Waals surface area contributed by atoms with E-state index in [0.29, 0.717) is 12.6 Å². The third-order valence-corrected chi connectivity index (χ3v) is 3.02. The van der Waals surface area contributed by atoms with Crippen molar-refractivity contribution in [3.05, 3.63) is 30.1 Å². The molecule has 0 aliphatic heterocycles. The van der Waals surface area contributed by atoms with Gasteiger partial charge in [0.2, 0.25) is 0 Å². The average molecular weight is 261 g/mol. The summed E-state index contributed by atoms with van der Waals surface area (Å²) in [7, 11) is 1.72. The lowest BCUT2D eigenvalue weighted by Crippen LogP contribution is -2.23. The van der Waals surface area contributed by atoms with E-state index in [2.05, 4.69) is 33.8 Å². The third kappa shape index (κ3) is 3.29. The number of anilines is 1. The molecule has 1 heterocycles. The predicted octanol–water partition coefficient (Wildman–Crippen LogP) is 1.81. The van der Waals surface area contributed by atoms with E-state index in [9.17, 15) is 0 Å². The Morgan fingerprint density at radius 1 is 1.42 bits per heavy atom. The Morgan fingerprint density at radius 2 is 2.26 bits per heavy atom. The Balaban J connectivity index is 2.15. The number of hydrogen-bond acceptors (Lipinski definition) is 5. The van der Waals surface area contributed by atoms with Gasteiger partial charge in [0.25, 0.3) is 0 Å². The van der Waals surface area contributed by atoms with Crippen molar-refractivity contribution in [3.63, 3.8) is 0 Å². The average Bonchev–Trinajstić information content (AvgIpc) is 2.92. The molecule has 19 heavy (non-hydrogen) atoms. The number of ether oxygens (including phenoxy) is 1. The molecule has 1 aromatic heterocycles. The van der Waals surface area contributed by atoms with E-state index in [0.717, 1.165) is 23.4 Å². The van der Waals surface area contributed by atoms with Crippen LogP contribution in [0.15, 0.2) is 24.5 Å². The van der Waals surface area contributed by atoms with Crippen molar-refractivity contribution in [2.75, 3.05) is 19.0 Å². The van der Waals surface area contributed by atoms with Gasteiger partial charge in [-0.3, -0.25) is 0 Å². The van der Waals surface area contributed by atoms with Crippen molar-refractivity contribution in [2.45, 2.75) is 26.3 Å². The fraction of sp³-hybridized carbons (Fsp3) is 0.462. The Morgan fingerprint density at radius 3 is 2.84 bits per heavy atom. The van der Waals surface area contributed by atoms with Gasteiger partial charge < -0.3 is 10.1 Å².